The zero-order chi connectivity index (χ0) is 19.8. The number of fused-ring (bicyclic) bond motifs is 1. The van der Waals surface area contributed by atoms with Crippen molar-refractivity contribution in [2.45, 2.75) is 52.0 Å². The third-order valence-corrected chi connectivity index (χ3v) is 6.56. The lowest BCUT2D eigenvalue weighted by atomic mass is 9.87. The number of hydrogen-bond acceptors (Lipinski definition) is 5. The Balaban J connectivity index is 1.70. The van der Waals surface area contributed by atoms with Crippen molar-refractivity contribution in [1.29, 1.82) is 0 Å². The van der Waals surface area contributed by atoms with Gasteiger partial charge < -0.3 is 5.32 Å². The SMILES string of the molecule is Cc1nc(SCC(=O)Nc2ccc(C(C)(C)C)cc2)c2c(C)c(C)sc2n1. The molecule has 2 aromatic heterocycles. The fraction of sp³-hybridized carbons (Fsp3) is 0.381. The highest BCUT2D eigenvalue weighted by Gasteiger charge is 2.16. The predicted octanol–water partition coefficient (Wildman–Crippen LogP) is 5.64. The first-order valence-corrected chi connectivity index (χ1v) is 10.7. The molecule has 0 radical (unpaired) electrons. The molecule has 1 aromatic carbocycles. The molecule has 0 aliphatic carbocycles. The number of nitrogens with zero attached hydrogens (tertiary/aromatic N) is 2. The molecule has 3 rings (SSSR count). The van der Waals surface area contributed by atoms with Crippen molar-refractivity contribution in [1.82, 2.24) is 9.97 Å². The van der Waals surface area contributed by atoms with Crippen molar-refractivity contribution in [2.24, 2.45) is 0 Å². The minimum Gasteiger partial charge on any atom is -0.325 e. The Morgan fingerprint density at radius 3 is 2.41 bits per heavy atom. The second-order valence-electron chi connectivity index (χ2n) is 7.70. The summed E-state index contributed by atoms with van der Waals surface area (Å²) in [6.07, 6.45) is 0. The van der Waals surface area contributed by atoms with Crippen LogP contribution in [-0.4, -0.2) is 21.6 Å². The zero-order valence-corrected chi connectivity index (χ0v) is 18.3. The molecule has 142 valence electrons. The number of aromatic nitrogens is 2. The highest BCUT2D eigenvalue weighted by molar-refractivity contribution is 8.00. The van der Waals surface area contributed by atoms with E-state index in [-0.39, 0.29) is 11.3 Å². The van der Waals surface area contributed by atoms with Crippen LogP contribution in [0.2, 0.25) is 0 Å². The van der Waals surface area contributed by atoms with Gasteiger partial charge in [-0.1, -0.05) is 44.7 Å². The summed E-state index contributed by atoms with van der Waals surface area (Å²) in [5, 5.41) is 4.94. The number of thiophene rings is 1. The lowest BCUT2D eigenvalue weighted by molar-refractivity contribution is -0.113. The van der Waals surface area contributed by atoms with E-state index in [1.54, 1.807) is 11.3 Å². The molecule has 0 fully saturated rings. The monoisotopic (exact) mass is 399 g/mol. The molecule has 6 heteroatoms. The van der Waals surface area contributed by atoms with Gasteiger partial charge in [-0.15, -0.1) is 11.3 Å². The fourth-order valence-corrected chi connectivity index (χ4v) is 4.87. The van der Waals surface area contributed by atoms with Gasteiger partial charge in [-0.05, 0) is 49.4 Å². The van der Waals surface area contributed by atoms with Crippen LogP contribution in [0.4, 0.5) is 5.69 Å². The maximum atomic E-state index is 12.4. The molecular weight excluding hydrogens is 374 g/mol. The van der Waals surface area contributed by atoms with Gasteiger partial charge in [-0.3, -0.25) is 4.79 Å². The molecule has 0 unspecified atom stereocenters. The van der Waals surface area contributed by atoms with Gasteiger partial charge in [0.05, 0.1) is 5.75 Å². The molecule has 0 bridgehead atoms. The Bertz CT molecular complexity index is 985. The largest absolute Gasteiger partial charge is 0.325 e. The van der Waals surface area contributed by atoms with Crippen molar-refractivity contribution in [3.8, 4) is 0 Å². The van der Waals surface area contributed by atoms with Crippen LogP contribution in [0.5, 0.6) is 0 Å². The Morgan fingerprint density at radius 2 is 1.78 bits per heavy atom. The summed E-state index contributed by atoms with van der Waals surface area (Å²) >= 11 is 3.15. The van der Waals surface area contributed by atoms with E-state index in [0.717, 1.165) is 26.8 Å². The van der Waals surface area contributed by atoms with Gasteiger partial charge in [-0.25, -0.2) is 9.97 Å². The number of aryl methyl sites for hydroxylation is 3. The third kappa shape index (κ3) is 4.50. The molecule has 0 aliphatic heterocycles. The smallest absolute Gasteiger partial charge is 0.234 e. The summed E-state index contributed by atoms with van der Waals surface area (Å²) in [6.45, 7) is 12.6. The Morgan fingerprint density at radius 1 is 1.11 bits per heavy atom. The Labute approximate surface area is 168 Å². The second kappa shape index (κ2) is 7.60. The van der Waals surface area contributed by atoms with Gasteiger partial charge in [0.25, 0.3) is 0 Å². The number of carbonyl (C=O) groups is 1. The number of nitrogens with one attached hydrogen (secondary N) is 1. The minimum absolute atomic E-state index is 0.0301. The lowest BCUT2D eigenvalue weighted by Gasteiger charge is -2.19. The van der Waals surface area contributed by atoms with E-state index < -0.39 is 0 Å². The van der Waals surface area contributed by atoms with Crippen LogP contribution in [0, 0.1) is 20.8 Å². The first kappa shape index (κ1) is 19.8. The zero-order valence-electron chi connectivity index (χ0n) is 16.6. The molecular formula is C21H25N3OS2. The van der Waals surface area contributed by atoms with Crippen LogP contribution in [0.25, 0.3) is 10.2 Å². The highest BCUT2D eigenvalue weighted by Crippen LogP contribution is 2.35. The molecule has 1 N–H and O–H groups in total. The summed E-state index contributed by atoms with van der Waals surface area (Å²) < 4.78 is 0. The summed E-state index contributed by atoms with van der Waals surface area (Å²) in [5.41, 5.74) is 3.37. The van der Waals surface area contributed by atoms with Gasteiger partial charge in [0.15, 0.2) is 0 Å². The number of amides is 1. The van der Waals surface area contributed by atoms with Gasteiger partial charge in [0.2, 0.25) is 5.91 Å². The van der Waals surface area contributed by atoms with Gasteiger partial charge in [0.1, 0.15) is 15.7 Å². The number of carbonyl (C=O) groups excluding carboxylic acids is 1. The Kier molecular flexibility index (Phi) is 5.58. The molecule has 0 saturated carbocycles. The van der Waals surface area contributed by atoms with E-state index in [0.29, 0.717) is 5.75 Å². The average Bonchev–Trinajstić information content (AvgIpc) is 2.86. The van der Waals surface area contributed by atoms with Gasteiger partial charge in [-0.2, -0.15) is 0 Å². The number of benzene rings is 1. The van der Waals surface area contributed by atoms with Crippen molar-refractivity contribution in [2.75, 3.05) is 11.1 Å². The fourth-order valence-electron chi connectivity index (χ4n) is 2.80. The van der Waals surface area contributed by atoms with Crippen molar-refractivity contribution >= 4 is 44.9 Å². The molecule has 4 nitrogen and oxygen atoms in total. The van der Waals surface area contributed by atoms with E-state index >= 15 is 0 Å². The van der Waals surface area contributed by atoms with E-state index in [9.17, 15) is 4.79 Å². The lowest BCUT2D eigenvalue weighted by Crippen LogP contribution is -2.15. The molecule has 0 spiro atoms. The van der Waals surface area contributed by atoms with E-state index in [1.807, 2.05) is 19.1 Å². The highest BCUT2D eigenvalue weighted by atomic mass is 32.2. The Hall–Kier alpha value is -1.92. The first-order chi connectivity index (χ1) is 12.6. The molecule has 0 aliphatic rings. The van der Waals surface area contributed by atoms with Crippen molar-refractivity contribution in [3.05, 3.63) is 46.1 Å². The van der Waals surface area contributed by atoms with Crippen LogP contribution in [0.15, 0.2) is 29.3 Å². The topological polar surface area (TPSA) is 54.9 Å². The quantitative estimate of drug-likeness (QED) is 0.455. The van der Waals surface area contributed by atoms with E-state index in [4.69, 9.17) is 0 Å². The second-order valence-corrected chi connectivity index (χ2v) is 9.87. The first-order valence-electron chi connectivity index (χ1n) is 8.92. The number of rotatable bonds is 4. The van der Waals surface area contributed by atoms with Gasteiger partial charge in [0, 0.05) is 16.0 Å². The van der Waals surface area contributed by atoms with E-state index in [2.05, 4.69) is 62.0 Å². The van der Waals surface area contributed by atoms with Crippen LogP contribution in [0.1, 0.15) is 42.6 Å². The number of hydrogen-bond donors (Lipinski definition) is 1. The van der Waals surface area contributed by atoms with Crippen molar-refractivity contribution < 1.29 is 4.79 Å². The number of thioether (sulfide) groups is 1. The van der Waals surface area contributed by atoms with Crippen LogP contribution in [0.3, 0.4) is 0 Å². The summed E-state index contributed by atoms with van der Waals surface area (Å²) in [7, 11) is 0. The molecule has 0 atom stereocenters. The molecule has 3 aromatic rings. The molecule has 0 saturated heterocycles. The minimum atomic E-state index is -0.0301. The number of anilines is 1. The normalized spacial score (nSPS) is 11.8. The maximum absolute atomic E-state index is 12.4. The van der Waals surface area contributed by atoms with E-state index in [1.165, 1.54) is 27.8 Å². The standard InChI is InChI=1S/C21H25N3OS2/c1-12-13(2)27-20-18(12)19(22-14(3)23-20)26-11-17(25)24-16-9-7-15(8-10-16)21(4,5)6/h7-10H,11H2,1-6H3,(H,24,25). The molecule has 27 heavy (non-hydrogen) atoms. The van der Waals surface area contributed by atoms with Gasteiger partial charge >= 0.3 is 0 Å². The van der Waals surface area contributed by atoms with Crippen molar-refractivity contribution in [3.63, 3.8) is 0 Å². The van der Waals surface area contributed by atoms with Crippen LogP contribution < -0.4 is 5.32 Å². The third-order valence-electron chi connectivity index (χ3n) is 4.48. The summed E-state index contributed by atoms with van der Waals surface area (Å²) in [6, 6.07) is 8.06. The molecule has 1 amide bonds. The van der Waals surface area contributed by atoms with Crippen LogP contribution >= 0.6 is 23.1 Å². The average molecular weight is 400 g/mol. The van der Waals surface area contributed by atoms with Crippen LogP contribution in [-0.2, 0) is 10.2 Å². The summed E-state index contributed by atoms with van der Waals surface area (Å²) in [4.78, 5) is 23.8. The molecule has 2 heterocycles. The summed E-state index contributed by atoms with van der Waals surface area (Å²) in [5.74, 6) is 1.03. The predicted molar refractivity (Wildman–Crippen MR) is 116 cm³/mol. The maximum Gasteiger partial charge on any atom is 0.234 e.